The number of esters is 1. The first-order valence-electron chi connectivity index (χ1n) is 7.38. The third-order valence-corrected chi connectivity index (χ3v) is 4.53. The Morgan fingerprint density at radius 3 is 2.48 bits per heavy atom. The number of benzene rings is 2. The molecule has 0 unspecified atom stereocenters. The maximum atomic E-state index is 12.3. The van der Waals surface area contributed by atoms with Crippen LogP contribution in [0, 0.1) is 10.1 Å². The minimum Gasteiger partial charge on any atom is -0.462 e. The molecule has 0 spiro atoms. The van der Waals surface area contributed by atoms with E-state index in [2.05, 4.69) is 4.72 Å². The van der Waals surface area contributed by atoms with Crippen LogP contribution in [0.5, 0.6) is 0 Å². The smallest absolute Gasteiger partial charge is 0.338 e. The molecule has 0 bridgehead atoms. The third kappa shape index (κ3) is 4.77. The fraction of sp³-hybridized carbons (Fsp3) is 0.188. The van der Waals surface area contributed by atoms with Crippen molar-refractivity contribution in [3.8, 4) is 0 Å². The summed E-state index contributed by atoms with van der Waals surface area (Å²) in [6.07, 6.45) is 0.701. The molecule has 0 radical (unpaired) electrons. The van der Waals surface area contributed by atoms with Gasteiger partial charge >= 0.3 is 5.97 Å². The van der Waals surface area contributed by atoms with E-state index in [1.807, 2.05) is 6.92 Å². The molecule has 25 heavy (non-hydrogen) atoms. The maximum absolute atomic E-state index is 12.3. The SMILES string of the molecule is CCCOC(=O)c1ccc(NS(=O)(=O)c2cccc([N+](=O)[O-])c2)cc1. The lowest BCUT2D eigenvalue weighted by Crippen LogP contribution is -2.13. The summed E-state index contributed by atoms with van der Waals surface area (Å²) in [6.45, 7) is 2.18. The Morgan fingerprint density at radius 1 is 1.20 bits per heavy atom. The summed E-state index contributed by atoms with van der Waals surface area (Å²) < 4.78 is 31.9. The number of nitrogens with one attached hydrogen (secondary N) is 1. The quantitative estimate of drug-likeness (QED) is 0.459. The molecule has 0 saturated carbocycles. The zero-order valence-electron chi connectivity index (χ0n) is 13.3. The molecular formula is C16H16N2O6S. The van der Waals surface area contributed by atoms with Crippen LogP contribution in [0.3, 0.4) is 0 Å². The minimum absolute atomic E-state index is 0.221. The molecule has 132 valence electrons. The number of hydrogen-bond acceptors (Lipinski definition) is 6. The van der Waals surface area contributed by atoms with Crippen LogP contribution in [0.4, 0.5) is 11.4 Å². The number of sulfonamides is 1. The van der Waals surface area contributed by atoms with Gasteiger partial charge in [-0.25, -0.2) is 13.2 Å². The number of rotatable bonds is 7. The Bertz CT molecular complexity index is 878. The van der Waals surface area contributed by atoms with E-state index in [9.17, 15) is 23.3 Å². The lowest BCUT2D eigenvalue weighted by molar-refractivity contribution is -0.385. The average Bonchev–Trinajstić information content (AvgIpc) is 2.60. The van der Waals surface area contributed by atoms with Crippen LogP contribution in [0.2, 0.25) is 0 Å². The zero-order chi connectivity index (χ0) is 18.4. The molecule has 8 nitrogen and oxygen atoms in total. The number of carbonyl (C=O) groups is 1. The molecule has 2 aromatic rings. The van der Waals surface area contributed by atoms with Crippen LogP contribution in [-0.2, 0) is 14.8 Å². The molecule has 9 heteroatoms. The monoisotopic (exact) mass is 364 g/mol. The molecule has 0 amide bonds. The summed E-state index contributed by atoms with van der Waals surface area (Å²) in [5.41, 5.74) is 0.196. The predicted molar refractivity (Wildman–Crippen MR) is 90.9 cm³/mol. The van der Waals surface area contributed by atoms with Crippen LogP contribution >= 0.6 is 0 Å². The Kier molecular flexibility index (Phi) is 5.71. The second kappa shape index (κ2) is 7.75. The van der Waals surface area contributed by atoms with Crippen molar-refractivity contribution in [2.45, 2.75) is 18.2 Å². The van der Waals surface area contributed by atoms with Crippen molar-refractivity contribution in [1.29, 1.82) is 0 Å². The molecule has 0 aliphatic heterocycles. The van der Waals surface area contributed by atoms with Gasteiger partial charge in [0.25, 0.3) is 15.7 Å². The molecule has 2 rings (SSSR count). The Morgan fingerprint density at radius 2 is 1.88 bits per heavy atom. The Balaban J connectivity index is 2.17. The average molecular weight is 364 g/mol. The van der Waals surface area contributed by atoms with Gasteiger partial charge in [0.2, 0.25) is 0 Å². The summed E-state index contributed by atoms with van der Waals surface area (Å²) in [6, 6.07) is 10.4. The second-order valence-electron chi connectivity index (χ2n) is 5.07. The van der Waals surface area contributed by atoms with Gasteiger partial charge in [-0.1, -0.05) is 13.0 Å². The van der Waals surface area contributed by atoms with Crippen molar-refractivity contribution in [1.82, 2.24) is 0 Å². The number of nitro groups is 1. The molecule has 0 saturated heterocycles. The molecule has 2 aromatic carbocycles. The molecule has 0 aliphatic rings. The molecule has 0 aliphatic carbocycles. The number of nitro benzene ring substituents is 1. The van der Waals surface area contributed by atoms with E-state index in [4.69, 9.17) is 4.74 Å². The van der Waals surface area contributed by atoms with Crippen LogP contribution < -0.4 is 4.72 Å². The van der Waals surface area contributed by atoms with E-state index >= 15 is 0 Å². The van der Waals surface area contributed by atoms with Gasteiger partial charge in [-0.2, -0.15) is 0 Å². The van der Waals surface area contributed by atoms with E-state index < -0.39 is 20.9 Å². The summed E-state index contributed by atoms with van der Waals surface area (Å²) in [4.78, 5) is 21.6. The Labute approximate surface area is 144 Å². The highest BCUT2D eigenvalue weighted by atomic mass is 32.2. The first-order chi connectivity index (χ1) is 11.8. The van der Waals surface area contributed by atoms with Crippen molar-refractivity contribution >= 4 is 27.4 Å². The summed E-state index contributed by atoms with van der Waals surface area (Å²) in [5.74, 6) is -0.491. The third-order valence-electron chi connectivity index (χ3n) is 3.15. The fourth-order valence-corrected chi connectivity index (χ4v) is 3.03. The van der Waals surface area contributed by atoms with Gasteiger partial charge in [0, 0.05) is 17.8 Å². The predicted octanol–water partition coefficient (Wildman–Crippen LogP) is 2.96. The van der Waals surface area contributed by atoms with Crippen LogP contribution in [-0.4, -0.2) is 25.9 Å². The van der Waals surface area contributed by atoms with Gasteiger partial charge in [-0.15, -0.1) is 0 Å². The van der Waals surface area contributed by atoms with Crippen molar-refractivity contribution in [3.63, 3.8) is 0 Å². The highest BCUT2D eigenvalue weighted by Crippen LogP contribution is 2.20. The lowest BCUT2D eigenvalue weighted by atomic mass is 10.2. The summed E-state index contributed by atoms with van der Waals surface area (Å²) in [7, 11) is -3.99. The Hall–Kier alpha value is -2.94. The zero-order valence-corrected chi connectivity index (χ0v) is 14.2. The molecular weight excluding hydrogens is 348 g/mol. The highest BCUT2D eigenvalue weighted by molar-refractivity contribution is 7.92. The minimum atomic E-state index is -3.99. The molecule has 1 N–H and O–H groups in total. The van der Waals surface area contributed by atoms with E-state index in [0.29, 0.717) is 18.6 Å². The summed E-state index contributed by atoms with van der Waals surface area (Å²) in [5, 5.41) is 10.8. The number of carbonyl (C=O) groups excluding carboxylic acids is 1. The number of ether oxygens (including phenoxy) is 1. The van der Waals surface area contributed by atoms with Crippen LogP contribution in [0.15, 0.2) is 53.4 Å². The van der Waals surface area contributed by atoms with Gasteiger partial charge in [0.1, 0.15) is 0 Å². The number of nitrogens with zero attached hydrogens (tertiary/aromatic N) is 1. The maximum Gasteiger partial charge on any atom is 0.338 e. The van der Waals surface area contributed by atoms with Crippen molar-refractivity contribution in [2.24, 2.45) is 0 Å². The van der Waals surface area contributed by atoms with Gasteiger partial charge in [0.05, 0.1) is 22.0 Å². The second-order valence-corrected chi connectivity index (χ2v) is 6.76. The van der Waals surface area contributed by atoms with Gasteiger partial charge in [-0.3, -0.25) is 14.8 Å². The summed E-state index contributed by atoms with van der Waals surface area (Å²) >= 11 is 0. The van der Waals surface area contributed by atoms with Crippen molar-refractivity contribution < 1.29 is 22.9 Å². The molecule has 0 aromatic heterocycles. The highest BCUT2D eigenvalue weighted by Gasteiger charge is 2.18. The number of hydrogen-bond donors (Lipinski definition) is 1. The number of non-ortho nitro benzene ring substituents is 1. The fourth-order valence-electron chi connectivity index (χ4n) is 1.93. The largest absolute Gasteiger partial charge is 0.462 e. The van der Waals surface area contributed by atoms with E-state index in [0.717, 1.165) is 6.07 Å². The van der Waals surface area contributed by atoms with Gasteiger partial charge < -0.3 is 4.74 Å². The van der Waals surface area contributed by atoms with Gasteiger partial charge in [-0.05, 0) is 36.8 Å². The van der Waals surface area contributed by atoms with Gasteiger partial charge in [0.15, 0.2) is 0 Å². The standard InChI is InChI=1S/C16H16N2O6S/c1-2-10-24-16(19)12-6-8-13(9-7-12)17-25(22,23)15-5-3-4-14(11-15)18(20)21/h3-9,11,17H,2,10H2,1H3. The van der Waals surface area contributed by atoms with E-state index in [1.165, 1.54) is 42.5 Å². The first-order valence-corrected chi connectivity index (χ1v) is 8.86. The van der Waals surface area contributed by atoms with E-state index in [-0.39, 0.29) is 16.3 Å². The normalized spacial score (nSPS) is 10.9. The molecule has 0 atom stereocenters. The molecule has 0 fully saturated rings. The van der Waals surface area contributed by atoms with Crippen molar-refractivity contribution in [3.05, 3.63) is 64.2 Å². The number of anilines is 1. The van der Waals surface area contributed by atoms with Crippen LogP contribution in [0.1, 0.15) is 23.7 Å². The van der Waals surface area contributed by atoms with E-state index in [1.54, 1.807) is 0 Å². The van der Waals surface area contributed by atoms with Crippen molar-refractivity contribution in [2.75, 3.05) is 11.3 Å². The lowest BCUT2D eigenvalue weighted by Gasteiger charge is -2.09. The molecule has 0 heterocycles. The van der Waals surface area contributed by atoms with Crippen LogP contribution in [0.25, 0.3) is 0 Å². The topological polar surface area (TPSA) is 116 Å². The first kappa shape index (κ1) is 18.4.